The lowest BCUT2D eigenvalue weighted by molar-refractivity contribution is -0.141. The third kappa shape index (κ3) is 10.5. The Balaban J connectivity index is 0.966. The summed E-state index contributed by atoms with van der Waals surface area (Å²) in [6, 6.07) is 10.1. The number of aromatic nitrogens is 1. The molecular weight excluding hydrogens is 809 g/mol. The molecule has 1 unspecified atom stereocenters. The fourth-order valence-electron chi connectivity index (χ4n) is 5.98. The first-order valence-corrected chi connectivity index (χ1v) is 18.2. The average Bonchev–Trinajstić information content (AvgIpc) is 3.47. The molecule has 2 aromatic carbocycles. The summed E-state index contributed by atoms with van der Waals surface area (Å²) in [6.07, 6.45) is -3.85. The van der Waals surface area contributed by atoms with Crippen LogP contribution in [-0.4, -0.2) is 116 Å². The highest BCUT2D eigenvalue weighted by atomic mass is 79.9. The van der Waals surface area contributed by atoms with Crippen molar-refractivity contribution in [3.8, 4) is 0 Å². The molecule has 2 aliphatic heterocycles. The van der Waals surface area contributed by atoms with Gasteiger partial charge in [-0.25, -0.2) is 4.98 Å². The molecule has 5 rings (SSSR count). The summed E-state index contributed by atoms with van der Waals surface area (Å²) in [4.78, 5) is 80.8. The maximum absolute atomic E-state index is 13.4. The smallest absolute Gasteiger partial charge is 0.382 e. The number of likely N-dealkylation sites (N-methyl/N-ethyl adjacent to an activating group) is 1. The Morgan fingerprint density at radius 1 is 1.00 bits per heavy atom. The molecular formula is C37H38BrF3N6O9. The first-order valence-electron chi connectivity index (χ1n) is 17.4. The maximum Gasteiger partial charge on any atom is 0.433 e. The monoisotopic (exact) mass is 846 g/mol. The second-order valence-corrected chi connectivity index (χ2v) is 13.5. The number of imide groups is 1. The van der Waals surface area contributed by atoms with Crippen molar-refractivity contribution in [3.63, 3.8) is 0 Å². The zero-order valence-electron chi connectivity index (χ0n) is 30.1. The van der Waals surface area contributed by atoms with E-state index < -0.39 is 47.2 Å². The molecule has 56 heavy (non-hydrogen) atoms. The van der Waals surface area contributed by atoms with Crippen LogP contribution in [0.5, 0.6) is 0 Å². The summed E-state index contributed by atoms with van der Waals surface area (Å²) < 4.78 is 56.2. The highest BCUT2D eigenvalue weighted by molar-refractivity contribution is 9.10. The van der Waals surface area contributed by atoms with Gasteiger partial charge in [-0.2, -0.15) is 13.2 Å². The van der Waals surface area contributed by atoms with E-state index in [1.165, 1.54) is 24.1 Å². The van der Waals surface area contributed by atoms with E-state index in [1.807, 2.05) is 0 Å². The van der Waals surface area contributed by atoms with Crippen LogP contribution in [0.2, 0.25) is 0 Å². The lowest BCUT2D eigenvalue weighted by Crippen LogP contribution is -2.53. The predicted octanol–water partition coefficient (Wildman–Crippen LogP) is 3.92. The maximum atomic E-state index is 13.4. The summed E-state index contributed by atoms with van der Waals surface area (Å²) in [5.41, 5.74) is 0.390. The van der Waals surface area contributed by atoms with Crippen molar-refractivity contribution < 1.29 is 56.1 Å². The number of ether oxygens (including phenoxy) is 3. The third-order valence-electron chi connectivity index (χ3n) is 8.84. The van der Waals surface area contributed by atoms with Gasteiger partial charge in [0.15, 0.2) is 6.29 Å². The lowest BCUT2D eigenvalue weighted by atomic mass is 10.0. The number of halogens is 4. The van der Waals surface area contributed by atoms with Crippen LogP contribution in [0.3, 0.4) is 0 Å². The predicted molar refractivity (Wildman–Crippen MR) is 197 cm³/mol. The first kappa shape index (κ1) is 41.9. The second-order valence-electron chi connectivity index (χ2n) is 12.6. The van der Waals surface area contributed by atoms with Gasteiger partial charge in [-0.15, -0.1) is 0 Å². The fourth-order valence-corrected chi connectivity index (χ4v) is 6.42. The van der Waals surface area contributed by atoms with Crippen molar-refractivity contribution in [2.75, 3.05) is 70.4 Å². The standard InChI is InChI=1S/C37H38BrF3N6O9/c1-46(29-8-9-31(49)45-34(29)51)36(53)32-22(21-48)4-2-5-26(32)42-10-12-54-14-16-56-17-15-55-13-11-47-20-23-18-28(25(38)19-24(23)35(47)52)44-33(50)27-6-3-7-30(43-27)37(39,40)41/h2-7,18-19,21,29,42H,8-17,20H2,1H3,(H,44,50)(H,45,49,51). The van der Waals surface area contributed by atoms with Crippen molar-refractivity contribution in [1.29, 1.82) is 0 Å². The largest absolute Gasteiger partial charge is 0.433 e. The number of benzene rings is 2. The van der Waals surface area contributed by atoms with Crippen LogP contribution >= 0.6 is 15.9 Å². The first-order chi connectivity index (χ1) is 26.8. The van der Waals surface area contributed by atoms with Crippen LogP contribution < -0.4 is 16.0 Å². The molecule has 5 amide bonds. The number of nitrogens with zero attached hydrogens (tertiary/aromatic N) is 3. The van der Waals surface area contributed by atoms with Crippen molar-refractivity contribution >= 4 is 63.1 Å². The van der Waals surface area contributed by atoms with E-state index in [4.69, 9.17) is 14.2 Å². The van der Waals surface area contributed by atoms with Crippen molar-refractivity contribution in [2.45, 2.75) is 31.6 Å². The van der Waals surface area contributed by atoms with Gasteiger partial charge in [0.25, 0.3) is 17.7 Å². The van der Waals surface area contributed by atoms with E-state index in [-0.39, 0.29) is 88.3 Å². The van der Waals surface area contributed by atoms with E-state index >= 15 is 0 Å². The zero-order chi connectivity index (χ0) is 40.4. The van der Waals surface area contributed by atoms with E-state index in [0.717, 1.165) is 12.1 Å². The number of carbonyl (C=O) groups is 6. The average molecular weight is 848 g/mol. The van der Waals surface area contributed by atoms with Crippen molar-refractivity contribution in [2.24, 2.45) is 0 Å². The number of alkyl halides is 3. The van der Waals surface area contributed by atoms with Gasteiger partial charge in [0.2, 0.25) is 11.8 Å². The summed E-state index contributed by atoms with van der Waals surface area (Å²) in [6.45, 7) is 2.41. The van der Waals surface area contributed by atoms with Gasteiger partial charge in [0, 0.05) is 54.4 Å². The van der Waals surface area contributed by atoms with Crippen LogP contribution in [0.15, 0.2) is 53.0 Å². The number of hydrogen-bond donors (Lipinski definition) is 3. The molecule has 2 aliphatic rings. The van der Waals surface area contributed by atoms with E-state index in [0.29, 0.717) is 34.1 Å². The molecule has 0 bridgehead atoms. The summed E-state index contributed by atoms with van der Waals surface area (Å²) in [5, 5.41) is 7.88. The van der Waals surface area contributed by atoms with Gasteiger partial charge in [-0.3, -0.25) is 34.1 Å². The van der Waals surface area contributed by atoms with Crippen LogP contribution in [0.25, 0.3) is 0 Å². The van der Waals surface area contributed by atoms with E-state index in [1.54, 1.807) is 29.2 Å². The quantitative estimate of drug-likeness (QED) is 0.0958. The molecule has 0 aliphatic carbocycles. The SMILES string of the molecule is CN(C(=O)c1c(C=O)cccc1NCCOCCOCCOCCN1Cc2cc(NC(=O)c3cccc(C(F)(F)F)n3)c(Br)cc2C1=O)C1CCC(=O)NC1=O. The van der Waals surface area contributed by atoms with Gasteiger partial charge >= 0.3 is 6.18 Å². The Hall–Kier alpha value is -5.24. The molecule has 0 radical (unpaired) electrons. The number of pyridine rings is 1. The Bertz CT molecular complexity index is 1980. The number of rotatable bonds is 18. The van der Waals surface area contributed by atoms with E-state index in [9.17, 15) is 41.9 Å². The number of anilines is 2. The molecule has 19 heteroatoms. The second kappa shape index (κ2) is 19.1. The molecule has 3 N–H and O–H groups in total. The Kier molecular flexibility index (Phi) is 14.3. The van der Waals surface area contributed by atoms with Gasteiger partial charge in [0.1, 0.15) is 17.4 Å². The zero-order valence-corrected chi connectivity index (χ0v) is 31.7. The number of hydrogen-bond acceptors (Lipinski definition) is 11. The molecule has 0 spiro atoms. The Morgan fingerprint density at radius 3 is 2.39 bits per heavy atom. The highest BCUT2D eigenvalue weighted by Crippen LogP contribution is 2.33. The highest BCUT2D eigenvalue weighted by Gasteiger charge is 2.35. The van der Waals surface area contributed by atoms with Gasteiger partial charge < -0.3 is 34.6 Å². The van der Waals surface area contributed by atoms with Crippen LogP contribution in [0, 0.1) is 0 Å². The summed E-state index contributed by atoms with van der Waals surface area (Å²) >= 11 is 3.32. The van der Waals surface area contributed by atoms with Crippen LogP contribution in [-0.2, 0) is 36.5 Å². The lowest BCUT2D eigenvalue weighted by Gasteiger charge is -2.30. The molecule has 1 aromatic heterocycles. The minimum Gasteiger partial charge on any atom is -0.382 e. The van der Waals surface area contributed by atoms with Crippen molar-refractivity contribution in [3.05, 3.63) is 86.6 Å². The van der Waals surface area contributed by atoms with Gasteiger partial charge in [-0.1, -0.05) is 18.2 Å². The molecule has 3 aromatic rings. The van der Waals surface area contributed by atoms with Crippen molar-refractivity contribution in [1.82, 2.24) is 20.1 Å². The number of amides is 5. The van der Waals surface area contributed by atoms with E-state index in [2.05, 4.69) is 36.9 Å². The minimum atomic E-state index is -4.70. The molecule has 1 atom stereocenters. The number of nitrogens with one attached hydrogen (secondary N) is 3. The summed E-state index contributed by atoms with van der Waals surface area (Å²) in [7, 11) is 1.45. The number of fused-ring (bicyclic) bond motifs is 1. The third-order valence-corrected chi connectivity index (χ3v) is 9.50. The molecule has 0 saturated carbocycles. The number of aldehydes is 1. The molecule has 298 valence electrons. The molecule has 1 saturated heterocycles. The number of piperidine rings is 1. The van der Waals surface area contributed by atoms with Gasteiger partial charge in [0.05, 0.1) is 50.9 Å². The molecule has 1 fully saturated rings. The molecule has 15 nitrogen and oxygen atoms in total. The van der Waals surface area contributed by atoms with Crippen LogP contribution in [0.4, 0.5) is 24.5 Å². The fraction of sp³-hybridized carbons (Fsp3) is 0.378. The normalized spacial score (nSPS) is 15.3. The number of carbonyl (C=O) groups excluding carboxylic acids is 6. The Labute approximate surface area is 327 Å². The van der Waals surface area contributed by atoms with Crippen LogP contribution in [0.1, 0.15) is 65.7 Å². The minimum absolute atomic E-state index is 0.104. The van der Waals surface area contributed by atoms with Gasteiger partial charge in [-0.05, 0) is 58.2 Å². The molecule has 3 heterocycles. The topological polar surface area (TPSA) is 186 Å². The Morgan fingerprint density at radius 2 is 1.70 bits per heavy atom. The summed E-state index contributed by atoms with van der Waals surface area (Å²) in [5.74, 6) is -2.58.